The SMILES string of the molecule is CC[C@H]1C(=O)NCCCN1CC(=O)Nc1ccc(Cl)c(Cl)c1. The zero-order chi connectivity index (χ0) is 16.1. The van der Waals surface area contributed by atoms with E-state index in [1.54, 1.807) is 18.2 Å². The first kappa shape index (κ1) is 17.1. The first-order valence-electron chi connectivity index (χ1n) is 7.28. The number of nitrogens with zero attached hydrogens (tertiary/aromatic N) is 1. The number of nitrogens with one attached hydrogen (secondary N) is 2. The van der Waals surface area contributed by atoms with Crippen LogP contribution in [0.3, 0.4) is 0 Å². The number of carbonyl (C=O) groups is 2. The molecule has 1 aromatic carbocycles. The van der Waals surface area contributed by atoms with Crippen LogP contribution in [0.4, 0.5) is 5.69 Å². The number of rotatable bonds is 4. The Morgan fingerprint density at radius 1 is 1.41 bits per heavy atom. The first-order valence-corrected chi connectivity index (χ1v) is 8.03. The lowest BCUT2D eigenvalue weighted by molar-refractivity contribution is -0.126. The van der Waals surface area contributed by atoms with E-state index in [1.165, 1.54) is 0 Å². The van der Waals surface area contributed by atoms with Crippen LogP contribution in [-0.4, -0.2) is 42.4 Å². The fraction of sp³-hybridized carbons (Fsp3) is 0.467. The quantitative estimate of drug-likeness (QED) is 0.882. The largest absolute Gasteiger partial charge is 0.355 e. The standard InChI is InChI=1S/C15H19Cl2N3O2/c1-2-13-15(22)18-6-3-7-20(13)9-14(21)19-10-4-5-11(16)12(17)8-10/h4-5,8,13H,2-3,6-7,9H2,1H3,(H,18,22)(H,19,21)/t13-/m0/s1. The van der Waals surface area contributed by atoms with Crippen LogP contribution in [0.25, 0.3) is 0 Å². The number of anilines is 1. The molecule has 0 aliphatic carbocycles. The maximum atomic E-state index is 12.2. The Morgan fingerprint density at radius 3 is 2.86 bits per heavy atom. The molecule has 0 spiro atoms. The van der Waals surface area contributed by atoms with Gasteiger partial charge in [0.05, 0.1) is 22.6 Å². The van der Waals surface area contributed by atoms with Gasteiger partial charge in [0.15, 0.2) is 0 Å². The molecule has 120 valence electrons. The highest BCUT2D eigenvalue weighted by Gasteiger charge is 2.27. The summed E-state index contributed by atoms with van der Waals surface area (Å²) in [4.78, 5) is 26.1. The molecule has 0 radical (unpaired) electrons. The molecule has 1 atom stereocenters. The summed E-state index contributed by atoms with van der Waals surface area (Å²) < 4.78 is 0. The second kappa shape index (κ2) is 7.81. The number of halogens is 2. The fourth-order valence-electron chi connectivity index (χ4n) is 2.52. The average Bonchev–Trinajstić information content (AvgIpc) is 2.64. The van der Waals surface area contributed by atoms with Gasteiger partial charge in [-0.25, -0.2) is 0 Å². The predicted octanol–water partition coefficient (Wildman–Crippen LogP) is 2.53. The molecule has 1 aromatic rings. The maximum Gasteiger partial charge on any atom is 0.238 e. The molecular formula is C15H19Cl2N3O2. The van der Waals surface area contributed by atoms with E-state index in [2.05, 4.69) is 10.6 Å². The van der Waals surface area contributed by atoms with Crippen molar-refractivity contribution in [2.45, 2.75) is 25.8 Å². The minimum Gasteiger partial charge on any atom is -0.355 e. The van der Waals surface area contributed by atoms with Crippen LogP contribution < -0.4 is 10.6 Å². The van der Waals surface area contributed by atoms with Crippen LogP contribution in [0.15, 0.2) is 18.2 Å². The van der Waals surface area contributed by atoms with Crippen LogP contribution >= 0.6 is 23.2 Å². The van der Waals surface area contributed by atoms with E-state index in [-0.39, 0.29) is 24.4 Å². The summed E-state index contributed by atoms with van der Waals surface area (Å²) in [7, 11) is 0. The van der Waals surface area contributed by atoms with Crippen molar-refractivity contribution in [1.82, 2.24) is 10.2 Å². The van der Waals surface area contributed by atoms with Crippen molar-refractivity contribution in [3.05, 3.63) is 28.2 Å². The molecule has 1 aliphatic rings. The van der Waals surface area contributed by atoms with E-state index in [0.717, 1.165) is 6.42 Å². The topological polar surface area (TPSA) is 61.4 Å². The predicted molar refractivity (Wildman–Crippen MR) is 88.4 cm³/mol. The molecule has 2 N–H and O–H groups in total. The zero-order valence-electron chi connectivity index (χ0n) is 12.4. The zero-order valence-corrected chi connectivity index (χ0v) is 13.9. The van der Waals surface area contributed by atoms with Crippen LogP contribution in [0, 0.1) is 0 Å². The van der Waals surface area contributed by atoms with Gasteiger partial charge in [-0.2, -0.15) is 0 Å². The summed E-state index contributed by atoms with van der Waals surface area (Å²) >= 11 is 11.8. The van der Waals surface area contributed by atoms with E-state index in [0.29, 0.717) is 35.2 Å². The number of carbonyl (C=O) groups excluding carboxylic acids is 2. The highest BCUT2D eigenvalue weighted by atomic mass is 35.5. The van der Waals surface area contributed by atoms with E-state index in [9.17, 15) is 9.59 Å². The van der Waals surface area contributed by atoms with Crippen molar-refractivity contribution in [1.29, 1.82) is 0 Å². The van der Waals surface area contributed by atoms with Gasteiger partial charge >= 0.3 is 0 Å². The average molecular weight is 344 g/mol. The summed E-state index contributed by atoms with van der Waals surface area (Å²) in [5.41, 5.74) is 0.590. The van der Waals surface area contributed by atoms with Crippen LogP contribution in [0.5, 0.6) is 0 Å². The van der Waals surface area contributed by atoms with Gasteiger partial charge in [0.25, 0.3) is 0 Å². The van der Waals surface area contributed by atoms with Crippen molar-refractivity contribution in [3.8, 4) is 0 Å². The highest BCUT2D eigenvalue weighted by Crippen LogP contribution is 2.25. The van der Waals surface area contributed by atoms with Crippen molar-refractivity contribution in [2.75, 3.05) is 25.0 Å². The normalized spacial score (nSPS) is 19.4. The Hall–Kier alpha value is -1.30. The number of amides is 2. The van der Waals surface area contributed by atoms with Gasteiger partial charge in [0, 0.05) is 18.8 Å². The molecule has 0 aromatic heterocycles. The molecule has 7 heteroatoms. The highest BCUT2D eigenvalue weighted by molar-refractivity contribution is 6.42. The maximum absolute atomic E-state index is 12.2. The van der Waals surface area contributed by atoms with Crippen molar-refractivity contribution in [3.63, 3.8) is 0 Å². The Morgan fingerprint density at radius 2 is 2.18 bits per heavy atom. The van der Waals surface area contributed by atoms with Crippen molar-refractivity contribution < 1.29 is 9.59 Å². The van der Waals surface area contributed by atoms with Crippen LogP contribution in [0.1, 0.15) is 19.8 Å². The third-order valence-corrected chi connectivity index (χ3v) is 4.34. The molecule has 0 saturated carbocycles. The monoisotopic (exact) mass is 343 g/mol. The molecule has 2 rings (SSSR count). The summed E-state index contributed by atoms with van der Waals surface area (Å²) in [5, 5.41) is 6.48. The Labute approximate surface area is 139 Å². The molecule has 2 amide bonds. The fourth-order valence-corrected chi connectivity index (χ4v) is 2.82. The Balaban J connectivity index is 2.00. The Bertz CT molecular complexity index is 566. The number of benzene rings is 1. The van der Waals surface area contributed by atoms with Gasteiger partial charge in [-0.05, 0) is 31.0 Å². The molecule has 5 nitrogen and oxygen atoms in total. The second-order valence-corrected chi connectivity index (χ2v) is 6.03. The lowest BCUT2D eigenvalue weighted by Crippen LogP contribution is -2.46. The summed E-state index contributed by atoms with van der Waals surface area (Å²) in [6, 6.07) is 4.67. The van der Waals surface area contributed by atoms with Gasteiger partial charge in [0.1, 0.15) is 0 Å². The van der Waals surface area contributed by atoms with Gasteiger partial charge in [-0.1, -0.05) is 30.1 Å². The molecule has 1 fully saturated rings. The van der Waals surface area contributed by atoms with Crippen molar-refractivity contribution in [2.24, 2.45) is 0 Å². The van der Waals surface area contributed by atoms with Crippen LogP contribution in [0.2, 0.25) is 10.0 Å². The molecule has 0 bridgehead atoms. The van der Waals surface area contributed by atoms with Crippen molar-refractivity contribution >= 4 is 40.7 Å². The molecule has 1 heterocycles. The van der Waals surface area contributed by atoms with Gasteiger partial charge in [0.2, 0.25) is 11.8 Å². The molecular weight excluding hydrogens is 325 g/mol. The molecule has 0 unspecified atom stereocenters. The van der Waals surface area contributed by atoms with E-state index in [4.69, 9.17) is 23.2 Å². The minimum absolute atomic E-state index is 0.0117. The molecule has 22 heavy (non-hydrogen) atoms. The molecule has 1 aliphatic heterocycles. The first-order chi connectivity index (χ1) is 10.5. The second-order valence-electron chi connectivity index (χ2n) is 5.22. The van der Waals surface area contributed by atoms with E-state index >= 15 is 0 Å². The Kier molecular flexibility index (Phi) is 6.06. The third kappa shape index (κ3) is 4.35. The number of hydrogen-bond acceptors (Lipinski definition) is 3. The lowest BCUT2D eigenvalue weighted by Gasteiger charge is -2.26. The van der Waals surface area contributed by atoms with E-state index in [1.807, 2.05) is 11.8 Å². The minimum atomic E-state index is -0.262. The summed E-state index contributed by atoms with van der Waals surface area (Å²) in [6.07, 6.45) is 1.51. The summed E-state index contributed by atoms with van der Waals surface area (Å²) in [6.45, 7) is 3.48. The number of hydrogen-bond donors (Lipinski definition) is 2. The van der Waals surface area contributed by atoms with E-state index < -0.39 is 0 Å². The van der Waals surface area contributed by atoms with Crippen LogP contribution in [-0.2, 0) is 9.59 Å². The van der Waals surface area contributed by atoms with Gasteiger partial charge in [-0.3, -0.25) is 14.5 Å². The summed E-state index contributed by atoms with van der Waals surface area (Å²) in [5.74, 6) is -0.186. The van der Waals surface area contributed by atoms with Gasteiger partial charge in [-0.15, -0.1) is 0 Å². The van der Waals surface area contributed by atoms with Gasteiger partial charge < -0.3 is 10.6 Å². The lowest BCUT2D eigenvalue weighted by atomic mass is 10.1. The molecule has 1 saturated heterocycles. The third-order valence-electron chi connectivity index (χ3n) is 3.60. The smallest absolute Gasteiger partial charge is 0.238 e.